The van der Waals surface area contributed by atoms with Crippen molar-refractivity contribution in [2.75, 3.05) is 47.9 Å². The molecule has 0 saturated carbocycles. The van der Waals surface area contributed by atoms with Gasteiger partial charge in [0.2, 0.25) is 6.79 Å². The van der Waals surface area contributed by atoms with Gasteiger partial charge in [-0.2, -0.15) is 0 Å². The number of carbonyl (C=O) groups excluding carboxylic acids is 1. The number of fused-ring (bicyclic) bond motifs is 3. The summed E-state index contributed by atoms with van der Waals surface area (Å²) in [4.78, 5) is 19.0. The lowest BCUT2D eigenvalue weighted by molar-refractivity contribution is -0.105. The molecule has 194 valence electrons. The average molecular weight is 499 g/mol. The first-order valence-electron chi connectivity index (χ1n) is 12.0. The Balaban J connectivity index is 1.91. The Morgan fingerprint density at radius 1 is 1.22 bits per heavy atom. The molecule has 9 nitrogen and oxygen atoms in total. The molecular weight excluding hydrogens is 464 g/mol. The standard InChI is InChI=1S/C27H34N2O7/c1-6-27(2,31)21(17(13-30)14-33-5)10-23-26-19(12-29(23)3)20(15-34-8-7-32-4)18-9-24-25(36-16-35-24)11-22(18)28-26/h9-11,13,31H,6-8,12,14-16H2,1-5H3/b21-17-,23-10-/t27-/m0/s1. The van der Waals surface area contributed by atoms with Gasteiger partial charge in [0, 0.05) is 50.4 Å². The summed E-state index contributed by atoms with van der Waals surface area (Å²) in [6.45, 7) is 5.80. The SMILES string of the molecule is CC[C@](C)(O)C(/C=C1/c2nc3cc4c(cc3c(COCCOC)c2CN1C)OCO4)=C(/C=O)COC. The van der Waals surface area contributed by atoms with E-state index in [4.69, 9.17) is 28.7 Å². The van der Waals surface area contributed by atoms with Gasteiger partial charge in [0.1, 0.15) is 6.29 Å². The third kappa shape index (κ3) is 4.97. The van der Waals surface area contributed by atoms with Gasteiger partial charge in [-0.3, -0.25) is 4.79 Å². The summed E-state index contributed by atoms with van der Waals surface area (Å²) in [5.74, 6) is 1.33. The zero-order valence-electron chi connectivity index (χ0n) is 21.6. The summed E-state index contributed by atoms with van der Waals surface area (Å²) in [6, 6.07) is 3.84. The minimum Gasteiger partial charge on any atom is -0.454 e. The molecule has 0 amide bonds. The summed E-state index contributed by atoms with van der Waals surface area (Å²) in [7, 11) is 5.14. The molecule has 1 aromatic carbocycles. The van der Waals surface area contributed by atoms with E-state index >= 15 is 0 Å². The van der Waals surface area contributed by atoms with E-state index in [2.05, 4.69) is 4.90 Å². The number of hydrogen-bond donors (Lipinski definition) is 1. The Morgan fingerprint density at radius 2 is 1.97 bits per heavy atom. The van der Waals surface area contributed by atoms with Crippen LogP contribution in [0.4, 0.5) is 0 Å². The molecule has 1 aromatic heterocycles. The smallest absolute Gasteiger partial charge is 0.231 e. The third-order valence-corrected chi connectivity index (χ3v) is 6.76. The van der Waals surface area contributed by atoms with Gasteiger partial charge < -0.3 is 33.7 Å². The van der Waals surface area contributed by atoms with Crippen LogP contribution in [0.15, 0.2) is 29.4 Å². The lowest BCUT2D eigenvalue weighted by Gasteiger charge is -2.26. The second-order valence-electron chi connectivity index (χ2n) is 9.19. The van der Waals surface area contributed by atoms with Crippen LogP contribution in [-0.4, -0.2) is 74.8 Å². The molecule has 1 atom stereocenters. The fourth-order valence-corrected chi connectivity index (χ4v) is 4.56. The number of pyridine rings is 1. The van der Waals surface area contributed by atoms with Gasteiger partial charge in [-0.15, -0.1) is 0 Å². The highest BCUT2D eigenvalue weighted by Gasteiger charge is 2.32. The number of ether oxygens (including phenoxy) is 5. The topological polar surface area (TPSA) is 99.6 Å². The number of nitrogens with zero attached hydrogens (tertiary/aromatic N) is 2. The Kier molecular flexibility index (Phi) is 7.94. The lowest BCUT2D eigenvalue weighted by Crippen LogP contribution is -2.28. The lowest BCUT2D eigenvalue weighted by atomic mass is 9.88. The van der Waals surface area contributed by atoms with Gasteiger partial charge in [0.15, 0.2) is 11.5 Å². The second kappa shape index (κ2) is 11.0. The van der Waals surface area contributed by atoms with E-state index in [0.717, 1.165) is 39.7 Å². The van der Waals surface area contributed by atoms with Crippen molar-refractivity contribution in [3.8, 4) is 11.5 Å². The zero-order chi connectivity index (χ0) is 25.9. The van der Waals surface area contributed by atoms with Crippen LogP contribution in [0.1, 0.15) is 37.1 Å². The molecular formula is C27H34N2O7. The van der Waals surface area contributed by atoms with Crippen molar-refractivity contribution < 1.29 is 33.6 Å². The third-order valence-electron chi connectivity index (χ3n) is 6.76. The molecule has 3 heterocycles. The molecule has 0 fully saturated rings. The van der Waals surface area contributed by atoms with E-state index in [1.54, 1.807) is 14.0 Å². The first-order chi connectivity index (χ1) is 17.3. The van der Waals surface area contributed by atoms with Gasteiger partial charge in [0.25, 0.3) is 0 Å². The number of aliphatic hydroxyl groups is 1. The number of hydrogen-bond acceptors (Lipinski definition) is 9. The van der Waals surface area contributed by atoms with Crippen LogP contribution in [0.25, 0.3) is 16.6 Å². The molecule has 4 rings (SSSR count). The van der Waals surface area contributed by atoms with Crippen molar-refractivity contribution in [2.45, 2.75) is 39.0 Å². The van der Waals surface area contributed by atoms with E-state index in [0.29, 0.717) is 55.4 Å². The van der Waals surface area contributed by atoms with Gasteiger partial charge in [-0.1, -0.05) is 6.92 Å². The molecule has 0 unspecified atom stereocenters. The quantitative estimate of drug-likeness (QED) is 0.284. The Bertz CT molecular complexity index is 1200. The summed E-state index contributed by atoms with van der Waals surface area (Å²) in [5.41, 5.74) is 4.07. The van der Waals surface area contributed by atoms with E-state index in [9.17, 15) is 9.90 Å². The second-order valence-corrected chi connectivity index (χ2v) is 9.19. The van der Waals surface area contributed by atoms with E-state index in [1.165, 1.54) is 7.11 Å². The van der Waals surface area contributed by atoms with Gasteiger partial charge in [-0.25, -0.2) is 4.98 Å². The average Bonchev–Trinajstić information content (AvgIpc) is 3.45. The van der Waals surface area contributed by atoms with E-state index in [-0.39, 0.29) is 13.4 Å². The van der Waals surface area contributed by atoms with Crippen molar-refractivity contribution >= 4 is 22.9 Å². The summed E-state index contributed by atoms with van der Waals surface area (Å²) < 4.78 is 27.5. The van der Waals surface area contributed by atoms with Crippen LogP contribution in [0, 0.1) is 0 Å². The number of rotatable bonds is 11. The molecule has 1 N–H and O–H groups in total. The summed E-state index contributed by atoms with van der Waals surface area (Å²) in [5, 5.41) is 12.1. The maximum atomic E-state index is 11.9. The monoisotopic (exact) mass is 498 g/mol. The first-order valence-corrected chi connectivity index (χ1v) is 12.0. The van der Waals surface area contributed by atoms with Crippen LogP contribution >= 0.6 is 0 Å². The van der Waals surface area contributed by atoms with Crippen LogP contribution < -0.4 is 9.47 Å². The molecule has 36 heavy (non-hydrogen) atoms. The number of aromatic nitrogens is 1. The molecule has 2 aromatic rings. The minimum atomic E-state index is -1.22. The van der Waals surface area contributed by atoms with Crippen molar-refractivity contribution in [3.63, 3.8) is 0 Å². The molecule has 0 radical (unpaired) electrons. The molecule has 2 aliphatic heterocycles. The predicted molar refractivity (Wildman–Crippen MR) is 135 cm³/mol. The van der Waals surface area contributed by atoms with Crippen molar-refractivity contribution in [1.29, 1.82) is 0 Å². The fraction of sp³-hybridized carbons (Fsp3) is 0.481. The van der Waals surface area contributed by atoms with Crippen LogP contribution in [0.2, 0.25) is 0 Å². The van der Waals surface area contributed by atoms with Crippen LogP contribution in [0.5, 0.6) is 11.5 Å². The normalized spacial score (nSPS) is 17.9. The van der Waals surface area contributed by atoms with Gasteiger partial charge in [-0.05, 0) is 36.6 Å². The predicted octanol–water partition coefficient (Wildman–Crippen LogP) is 3.22. The number of methoxy groups -OCH3 is 2. The summed E-state index contributed by atoms with van der Waals surface area (Å²) >= 11 is 0. The molecule has 0 spiro atoms. The Morgan fingerprint density at radius 3 is 2.64 bits per heavy atom. The maximum Gasteiger partial charge on any atom is 0.231 e. The highest BCUT2D eigenvalue weighted by molar-refractivity contribution is 5.90. The number of aldehydes is 1. The summed E-state index contributed by atoms with van der Waals surface area (Å²) in [6.07, 6.45) is 3.04. The minimum absolute atomic E-state index is 0.0998. The molecule has 0 bridgehead atoms. The van der Waals surface area contributed by atoms with Crippen LogP contribution in [-0.2, 0) is 32.2 Å². The zero-order valence-corrected chi connectivity index (χ0v) is 21.6. The largest absolute Gasteiger partial charge is 0.454 e. The molecule has 2 aliphatic rings. The molecule has 9 heteroatoms. The van der Waals surface area contributed by atoms with Gasteiger partial charge >= 0.3 is 0 Å². The Labute approximate surface area is 211 Å². The van der Waals surface area contributed by atoms with Crippen molar-refractivity contribution in [2.24, 2.45) is 0 Å². The highest BCUT2D eigenvalue weighted by atomic mass is 16.7. The van der Waals surface area contributed by atoms with Crippen molar-refractivity contribution in [1.82, 2.24) is 9.88 Å². The van der Waals surface area contributed by atoms with E-state index in [1.807, 2.05) is 32.2 Å². The molecule has 0 saturated heterocycles. The number of carbonyl (C=O) groups is 1. The highest BCUT2D eigenvalue weighted by Crippen LogP contribution is 2.42. The van der Waals surface area contributed by atoms with Crippen molar-refractivity contribution in [3.05, 3.63) is 46.2 Å². The Hall–Kier alpha value is -2.98. The van der Waals surface area contributed by atoms with Gasteiger partial charge in [0.05, 0.1) is 48.9 Å². The first kappa shape index (κ1) is 26.1. The van der Waals surface area contributed by atoms with Crippen LogP contribution in [0.3, 0.4) is 0 Å². The maximum absolute atomic E-state index is 11.9. The fourth-order valence-electron chi connectivity index (χ4n) is 4.56. The number of benzene rings is 1. The van der Waals surface area contributed by atoms with E-state index < -0.39 is 5.60 Å². The molecule has 0 aliphatic carbocycles.